The molecule has 0 unspecified atom stereocenters. The van der Waals surface area contributed by atoms with Crippen LogP contribution in [0.1, 0.15) is 28.8 Å². The highest BCUT2D eigenvalue weighted by Gasteiger charge is 2.36. The standard InChI is InChI=1S/C21H17I2NO8S/c1-3-30-17(25)10-31-18-13(22)6-11(7-14(18)23)8-16-19(26)24(21(28)33-16)9-12-4-5-15(32-12)20(27)29-2/h4-8H,3,9-10H2,1-2H3/b16-8+. The van der Waals surface area contributed by atoms with Crippen LogP contribution in [0.4, 0.5) is 4.79 Å². The molecule has 3 rings (SSSR count). The van der Waals surface area contributed by atoms with E-state index in [0.717, 1.165) is 23.8 Å². The second-order valence-corrected chi connectivity index (χ2v) is 9.75. The minimum Gasteiger partial charge on any atom is -0.480 e. The van der Waals surface area contributed by atoms with Gasteiger partial charge in [-0.2, -0.15) is 0 Å². The van der Waals surface area contributed by atoms with Gasteiger partial charge >= 0.3 is 11.9 Å². The van der Waals surface area contributed by atoms with E-state index < -0.39 is 23.1 Å². The summed E-state index contributed by atoms with van der Waals surface area (Å²) in [5, 5.41) is -0.443. The van der Waals surface area contributed by atoms with Crippen LogP contribution < -0.4 is 4.74 Å². The SMILES string of the molecule is CCOC(=O)COc1c(I)cc(/C=C2/SC(=O)N(Cc3ccc(C(=O)OC)o3)C2=O)cc1I. The van der Waals surface area contributed by atoms with Crippen LogP contribution in [-0.2, 0) is 25.6 Å². The van der Waals surface area contributed by atoms with E-state index in [4.69, 9.17) is 13.9 Å². The minimum atomic E-state index is -0.644. The molecule has 9 nitrogen and oxygen atoms in total. The van der Waals surface area contributed by atoms with Gasteiger partial charge in [-0.3, -0.25) is 14.5 Å². The number of rotatable bonds is 8. The molecular weight excluding hydrogens is 680 g/mol. The maximum atomic E-state index is 12.8. The van der Waals surface area contributed by atoms with Crippen LogP contribution in [0.25, 0.3) is 6.08 Å². The fraction of sp³-hybridized carbons (Fsp3) is 0.238. The smallest absolute Gasteiger partial charge is 0.373 e. The maximum absolute atomic E-state index is 12.8. The zero-order valence-electron chi connectivity index (χ0n) is 17.4. The molecule has 1 aliphatic rings. The normalized spacial score (nSPS) is 14.7. The predicted molar refractivity (Wildman–Crippen MR) is 136 cm³/mol. The summed E-state index contributed by atoms with van der Waals surface area (Å²) in [6.45, 7) is 1.68. The van der Waals surface area contributed by atoms with Crippen LogP contribution in [0.5, 0.6) is 5.75 Å². The van der Waals surface area contributed by atoms with Gasteiger partial charge in [-0.25, -0.2) is 9.59 Å². The lowest BCUT2D eigenvalue weighted by molar-refractivity contribution is -0.145. The molecule has 0 radical (unpaired) electrons. The number of hydrogen-bond acceptors (Lipinski definition) is 9. The molecule has 0 N–H and O–H groups in total. The van der Waals surface area contributed by atoms with Gasteiger partial charge in [0.05, 0.1) is 32.3 Å². The van der Waals surface area contributed by atoms with Crippen molar-refractivity contribution in [2.24, 2.45) is 0 Å². The third-order valence-corrected chi connectivity index (χ3v) is 6.70. The zero-order chi connectivity index (χ0) is 24.1. The lowest BCUT2D eigenvalue weighted by Gasteiger charge is -2.11. The Kier molecular flexibility index (Phi) is 8.81. The number of esters is 2. The molecule has 0 spiro atoms. The summed E-state index contributed by atoms with van der Waals surface area (Å²) in [5.74, 6) is -0.760. The molecular formula is C21H17I2NO8S. The van der Waals surface area contributed by atoms with Crippen molar-refractivity contribution in [3.63, 3.8) is 0 Å². The van der Waals surface area contributed by atoms with E-state index in [1.165, 1.54) is 19.2 Å². The Bertz CT molecular complexity index is 1120. The molecule has 2 amide bonds. The Morgan fingerprint density at radius 3 is 2.52 bits per heavy atom. The second kappa shape index (κ2) is 11.4. The van der Waals surface area contributed by atoms with Gasteiger partial charge in [0.2, 0.25) is 5.76 Å². The summed E-state index contributed by atoms with van der Waals surface area (Å²) >= 11 is 4.97. The second-order valence-electron chi connectivity index (χ2n) is 6.43. The van der Waals surface area contributed by atoms with Gasteiger partial charge in [-0.05, 0) is 99.8 Å². The highest BCUT2D eigenvalue weighted by Crippen LogP contribution is 2.35. The Morgan fingerprint density at radius 2 is 1.88 bits per heavy atom. The number of carbonyl (C=O) groups is 4. The Balaban J connectivity index is 1.74. The Hall–Kier alpha value is -2.07. The molecule has 0 aliphatic carbocycles. The van der Waals surface area contributed by atoms with Crippen LogP contribution in [0.15, 0.2) is 33.6 Å². The maximum Gasteiger partial charge on any atom is 0.373 e. The van der Waals surface area contributed by atoms with E-state index >= 15 is 0 Å². The molecule has 1 saturated heterocycles. The van der Waals surface area contributed by atoms with Gasteiger partial charge in [0.15, 0.2) is 6.61 Å². The highest BCUT2D eigenvalue weighted by molar-refractivity contribution is 14.1. The molecule has 12 heteroatoms. The van der Waals surface area contributed by atoms with E-state index in [1.807, 2.05) is 0 Å². The molecule has 0 bridgehead atoms. The van der Waals surface area contributed by atoms with Crippen molar-refractivity contribution in [2.75, 3.05) is 20.3 Å². The third-order valence-electron chi connectivity index (χ3n) is 4.19. The lowest BCUT2D eigenvalue weighted by atomic mass is 10.2. The minimum absolute atomic E-state index is 0.00979. The van der Waals surface area contributed by atoms with Crippen molar-refractivity contribution in [1.82, 2.24) is 4.90 Å². The van der Waals surface area contributed by atoms with Crippen molar-refractivity contribution < 1.29 is 37.8 Å². The fourth-order valence-corrected chi connectivity index (χ4v) is 5.72. The predicted octanol–water partition coefficient (Wildman–Crippen LogP) is 4.45. The van der Waals surface area contributed by atoms with Gasteiger partial charge in [0.1, 0.15) is 11.5 Å². The Labute approximate surface area is 220 Å². The first-order valence-electron chi connectivity index (χ1n) is 9.43. The number of methoxy groups -OCH3 is 1. The summed E-state index contributed by atoms with van der Waals surface area (Å²) in [5.41, 5.74) is 0.698. The first-order valence-corrected chi connectivity index (χ1v) is 12.4. The number of furan rings is 1. The van der Waals surface area contributed by atoms with Gasteiger partial charge in [-0.15, -0.1) is 0 Å². The van der Waals surface area contributed by atoms with Gasteiger partial charge in [0, 0.05) is 0 Å². The number of ether oxygens (including phenoxy) is 3. The van der Waals surface area contributed by atoms with Crippen LogP contribution in [0, 0.1) is 7.14 Å². The number of imide groups is 1. The summed E-state index contributed by atoms with van der Waals surface area (Å²) in [4.78, 5) is 49.6. The molecule has 1 fully saturated rings. The van der Waals surface area contributed by atoms with E-state index in [9.17, 15) is 19.2 Å². The molecule has 33 heavy (non-hydrogen) atoms. The first kappa shape index (κ1) is 25.6. The fourth-order valence-electron chi connectivity index (χ4n) is 2.75. The van der Waals surface area contributed by atoms with Crippen LogP contribution in [0.3, 0.4) is 0 Å². The van der Waals surface area contributed by atoms with Gasteiger partial charge in [0.25, 0.3) is 11.1 Å². The van der Waals surface area contributed by atoms with Crippen molar-refractivity contribution in [1.29, 1.82) is 0 Å². The summed E-state index contributed by atoms with van der Waals surface area (Å²) in [6.07, 6.45) is 1.62. The molecule has 1 aliphatic heterocycles. The van der Waals surface area contributed by atoms with Crippen LogP contribution in [-0.4, -0.2) is 48.3 Å². The number of nitrogens with zero attached hydrogens (tertiary/aromatic N) is 1. The topological polar surface area (TPSA) is 112 Å². The van der Waals surface area contributed by atoms with Gasteiger partial charge in [-0.1, -0.05) is 0 Å². The van der Waals surface area contributed by atoms with Crippen LogP contribution >= 0.6 is 56.9 Å². The highest BCUT2D eigenvalue weighted by atomic mass is 127. The number of amides is 2. The summed E-state index contributed by atoms with van der Waals surface area (Å²) < 4.78 is 21.8. The molecule has 2 heterocycles. The average Bonchev–Trinajstić information content (AvgIpc) is 3.33. The summed E-state index contributed by atoms with van der Waals surface area (Å²) in [6, 6.07) is 6.50. The first-order chi connectivity index (χ1) is 15.7. The van der Waals surface area contributed by atoms with E-state index in [-0.39, 0.29) is 36.2 Å². The molecule has 1 aromatic heterocycles. The monoisotopic (exact) mass is 697 g/mol. The largest absolute Gasteiger partial charge is 0.480 e. The molecule has 0 atom stereocenters. The molecule has 174 valence electrons. The number of halogens is 2. The van der Waals surface area contributed by atoms with Crippen molar-refractivity contribution in [3.05, 3.63) is 53.4 Å². The average molecular weight is 697 g/mol. The third kappa shape index (κ3) is 6.29. The van der Waals surface area contributed by atoms with Gasteiger partial charge < -0.3 is 18.6 Å². The van der Waals surface area contributed by atoms with Crippen molar-refractivity contribution >= 4 is 86.1 Å². The number of thioether (sulfide) groups is 1. The quantitative estimate of drug-likeness (QED) is 0.225. The lowest BCUT2D eigenvalue weighted by Crippen LogP contribution is -2.27. The van der Waals surface area contributed by atoms with Crippen molar-refractivity contribution in [2.45, 2.75) is 13.5 Å². The molecule has 0 saturated carbocycles. The van der Waals surface area contributed by atoms with E-state index in [1.54, 1.807) is 25.1 Å². The summed E-state index contributed by atoms with van der Waals surface area (Å²) in [7, 11) is 1.23. The van der Waals surface area contributed by atoms with Crippen LogP contribution in [0.2, 0.25) is 0 Å². The zero-order valence-corrected chi connectivity index (χ0v) is 22.5. The number of carbonyl (C=O) groups excluding carboxylic acids is 4. The van der Waals surface area contributed by atoms with E-state index in [0.29, 0.717) is 11.3 Å². The number of benzene rings is 1. The van der Waals surface area contributed by atoms with E-state index in [2.05, 4.69) is 49.9 Å². The molecule has 1 aromatic carbocycles. The number of hydrogen-bond donors (Lipinski definition) is 0. The Morgan fingerprint density at radius 1 is 1.18 bits per heavy atom. The molecule has 2 aromatic rings. The van der Waals surface area contributed by atoms with Crippen molar-refractivity contribution in [3.8, 4) is 5.75 Å².